The predicted octanol–water partition coefficient (Wildman–Crippen LogP) is 5.27. The van der Waals surface area contributed by atoms with Crippen LogP contribution < -0.4 is 5.32 Å². The largest absolute Gasteiger partial charge is 0.462 e. The highest BCUT2D eigenvalue weighted by Gasteiger charge is 2.23. The zero-order valence-corrected chi connectivity index (χ0v) is 14.2. The summed E-state index contributed by atoms with van der Waals surface area (Å²) >= 11 is 18.2. The molecule has 0 amide bonds. The van der Waals surface area contributed by atoms with Gasteiger partial charge in [0, 0.05) is 5.69 Å². The Morgan fingerprint density at radius 2 is 2.00 bits per heavy atom. The van der Waals surface area contributed by atoms with Gasteiger partial charge in [-0.2, -0.15) is 0 Å². The van der Waals surface area contributed by atoms with Crippen molar-refractivity contribution in [3.05, 3.63) is 50.7 Å². The first-order valence-electron chi connectivity index (χ1n) is 6.49. The molecule has 0 bridgehead atoms. The SMILES string of the molecule is CCOC(=O)c1c(Cl)nc(Cl)c(Cl)c1Nc1cccc(C)c1. The fourth-order valence-electron chi connectivity index (χ4n) is 1.88. The van der Waals surface area contributed by atoms with Crippen molar-refractivity contribution in [3.8, 4) is 0 Å². The van der Waals surface area contributed by atoms with Crippen molar-refractivity contribution in [3.63, 3.8) is 0 Å². The lowest BCUT2D eigenvalue weighted by Gasteiger charge is -2.15. The molecule has 1 N–H and O–H groups in total. The number of anilines is 2. The number of rotatable bonds is 4. The summed E-state index contributed by atoms with van der Waals surface area (Å²) in [5, 5.41) is 3.11. The standard InChI is InChI=1S/C15H13Cl3N2O2/c1-3-22-15(21)10-12(11(16)14(18)20-13(10)17)19-9-6-4-5-8(2)7-9/h4-7H,3H2,1-2H3,(H,19,20). The minimum Gasteiger partial charge on any atom is -0.462 e. The zero-order valence-electron chi connectivity index (χ0n) is 11.9. The summed E-state index contributed by atoms with van der Waals surface area (Å²) < 4.78 is 5.00. The van der Waals surface area contributed by atoms with E-state index in [0.717, 1.165) is 11.3 Å². The average Bonchev–Trinajstić information content (AvgIpc) is 2.44. The Bertz CT molecular complexity index is 720. The third kappa shape index (κ3) is 3.64. The minimum absolute atomic E-state index is 0.00914. The highest BCUT2D eigenvalue weighted by molar-refractivity contribution is 6.45. The summed E-state index contributed by atoms with van der Waals surface area (Å²) in [6, 6.07) is 7.56. The lowest BCUT2D eigenvalue weighted by molar-refractivity contribution is 0.0527. The zero-order chi connectivity index (χ0) is 16.3. The number of carbonyl (C=O) groups is 1. The first kappa shape index (κ1) is 16.9. The number of halogens is 3. The number of ether oxygens (including phenoxy) is 1. The van der Waals surface area contributed by atoms with Crippen LogP contribution in [0, 0.1) is 6.92 Å². The van der Waals surface area contributed by atoms with Gasteiger partial charge in [-0.15, -0.1) is 0 Å². The van der Waals surface area contributed by atoms with E-state index in [1.165, 1.54) is 0 Å². The van der Waals surface area contributed by atoms with E-state index >= 15 is 0 Å². The Morgan fingerprint density at radius 1 is 1.27 bits per heavy atom. The van der Waals surface area contributed by atoms with E-state index in [4.69, 9.17) is 39.5 Å². The fourth-order valence-corrected chi connectivity index (χ4v) is 2.54. The van der Waals surface area contributed by atoms with Crippen molar-refractivity contribution in [2.24, 2.45) is 0 Å². The summed E-state index contributed by atoms with van der Waals surface area (Å²) in [7, 11) is 0. The molecule has 22 heavy (non-hydrogen) atoms. The van der Waals surface area contributed by atoms with Gasteiger partial charge < -0.3 is 10.1 Å². The predicted molar refractivity (Wildman–Crippen MR) is 89.7 cm³/mol. The molecular formula is C15H13Cl3N2O2. The Balaban J connectivity index is 2.54. The van der Waals surface area contributed by atoms with Crippen molar-refractivity contribution in [1.29, 1.82) is 0 Å². The second-order valence-electron chi connectivity index (χ2n) is 4.47. The van der Waals surface area contributed by atoms with Crippen LogP contribution in [0.5, 0.6) is 0 Å². The molecule has 0 spiro atoms. The van der Waals surface area contributed by atoms with E-state index in [0.29, 0.717) is 0 Å². The van der Waals surface area contributed by atoms with Crippen molar-refractivity contribution < 1.29 is 9.53 Å². The van der Waals surface area contributed by atoms with Gasteiger partial charge in [0.2, 0.25) is 0 Å². The van der Waals surface area contributed by atoms with Crippen LogP contribution >= 0.6 is 34.8 Å². The second kappa shape index (κ2) is 7.18. The molecule has 1 heterocycles. The number of nitrogens with one attached hydrogen (secondary N) is 1. The highest BCUT2D eigenvalue weighted by atomic mass is 35.5. The van der Waals surface area contributed by atoms with Crippen LogP contribution in [0.2, 0.25) is 15.3 Å². The van der Waals surface area contributed by atoms with Crippen LogP contribution in [0.1, 0.15) is 22.8 Å². The van der Waals surface area contributed by atoms with E-state index in [9.17, 15) is 4.79 Å². The van der Waals surface area contributed by atoms with Gasteiger partial charge in [0.15, 0.2) is 5.15 Å². The number of aryl methyl sites for hydroxylation is 1. The topological polar surface area (TPSA) is 51.2 Å². The summed E-state index contributed by atoms with van der Waals surface area (Å²) in [6.45, 7) is 3.86. The Labute approximate surface area is 143 Å². The molecule has 2 rings (SSSR count). The molecule has 1 aromatic carbocycles. The molecular weight excluding hydrogens is 347 g/mol. The molecule has 0 aliphatic carbocycles. The van der Waals surface area contributed by atoms with Crippen molar-refractivity contribution in [2.75, 3.05) is 11.9 Å². The number of hydrogen-bond acceptors (Lipinski definition) is 4. The molecule has 2 aromatic rings. The molecule has 0 aliphatic rings. The smallest absolute Gasteiger partial charge is 0.343 e. The van der Waals surface area contributed by atoms with Crippen molar-refractivity contribution in [2.45, 2.75) is 13.8 Å². The van der Waals surface area contributed by atoms with E-state index in [-0.39, 0.29) is 33.2 Å². The van der Waals surface area contributed by atoms with Crippen molar-refractivity contribution in [1.82, 2.24) is 4.98 Å². The average molecular weight is 360 g/mol. The third-order valence-corrected chi connectivity index (χ3v) is 3.83. The molecule has 0 unspecified atom stereocenters. The Morgan fingerprint density at radius 3 is 2.64 bits per heavy atom. The molecule has 0 saturated carbocycles. The van der Waals surface area contributed by atoms with Gasteiger partial charge in [-0.05, 0) is 31.5 Å². The number of pyridine rings is 1. The van der Waals surface area contributed by atoms with Crippen LogP contribution in [0.4, 0.5) is 11.4 Å². The number of carbonyl (C=O) groups excluding carboxylic acids is 1. The molecule has 0 atom stereocenters. The molecule has 4 nitrogen and oxygen atoms in total. The maximum absolute atomic E-state index is 12.1. The molecule has 0 saturated heterocycles. The molecule has 0 fully saturated rings. The Hall–Kier alpha value is -1.49. The normalized spacial score (nSPS) is 10.4. The minimum atomic E-state index is -0.617. The van der Waals surface area contributed by atoms with Crippen LogP contribution in [0.3, 0.4) is 0 Å². The first-order valence-corrected chi connectivity index (χ1v) is 7.62. The lowest BCUT2D eigenvalue weighted by Crippen LogP contribution is -2.10. The quantitative estimate of drug-likeness (QED) is 0.597. The Kier molecular flexibility index (Phi) is 5.51. The van der Waals surface area contributed by atoms with E-state index in [1.54, 1.807) is 6.92 Å². The molecule has 0 radical (unpaired) electrons. The van der Waals surface area contributed by atoms with Gasteiger partial charge in [0.25, 0.3) is 0 Å². The second-order valence-corrected chi connectivity index (χ2v) is 5.57. The number of nitrogens with zero attached hydrogens (tertiary/aromatic N) is 1. The summed E-state index contributed by atoms with van der Waals surface area (Å²) in [6.07, 6.45) is 0. The van der Waals surface area contributed by atoms with E-state index < -0.39 is 5.97 Å². The van der Waals surface area contributed by atoms with Gasteiger partial charge in [-0.3, -0.25) is 0 Å². The van der Waals surface area contributed by atoms with Crippen LogP contribution in [0.15, 0.2) is 24.3 Å². The molecule has 116 valence electrons. The summed E-state index contributed by atoms with van der Waals surface area (Å²) in [4.78, 5) is 16.0. The maximum Gasteiger partial charge on any atom is 0.343 e. The van der Waals surface area contributed by atoms with Gasteiger partial charge >= 0.3 is 5.97 Å². The maximum atomic E-state index is 12.1. The highest BCUT2D eigenvalue weighted by Crippen LogP contribution is 2.37. The first-order chi connectivity index (χ1) is 10.4. The van der Waals surface area contributed by atoms with Crippen LogP contribution in [-0.4, -0.2) is 17.6 Å². The number of aromatic nitrogens is 1. The van der Waals surface area contributed by atoms with Gasteiger partial charge in [-0.1, -0.05) is 46.9 Å². The van der Waals surface area contributed by atoms with E-state index in [1.807, 2.05) is 31.2 Å². The molecule has 7 heteroatoms. The van der Waals surface area contributed by atoms with Crippen LogP contribution in [0.25, 0.3) is 0 Å². The van der Waals surface area contributed by atoms with Gasteiger partial charge in [0.05, 0.1) is 12.3 Å². The van der Waals surface area contributed by atoms with Gasteiger partial charge in [-0.25, -0.2) is 9.78 Å². The molecule has 1 aromatic heterocycles. The van der Waals surface area contributed by atoms with Gasteiger partial charge in [0.1, 0.15) is 15.7 Å². The molecule has 0 aliphatic heterocycles. The third-order valence-electron chi connectivity index (χ3n) is 2.82. The summed E-state index contributed by atoms with van der Waals surface area (Å²) in [5.41, 5.74) is 2.12. The number of benzene rings is 1. The van der Waals surface area contributed by atoms with Crippen LogP contribution in [-0.2, 0) is 4.74 Å². The fraction of sp³-hybridized carbons (Fsp3) is 0.200. The van der Waals surface area contributed by atoms with Crippen molar-refractivity contribution >= 4 is 52.1 Å². The monoisotopic (exact) mass is 358 g/mol. The number of esters is 1. The van der Waals surface area contributed by atoms with E-state index in [2.05, 4.69) is 10.3 Å². The lowest BCUT2D eigenvalue weighted by atomic mass is 10.2. The number of hydrogen-bond donors (Lipinski definition) is 1. The summed E-state index contributed by atoms with van der Waals surface area (Å²) in [5.74, 6) is -0.617.